The van der Waals surface area contributed by atoms with E-state index in [1.54, 1.807) is 0 Å². The summed E-state index contributed by atoms with van der Waals surface area (Å²) in [6.45, 7) is 5.00. The van der Waals surface area contributed by atoms with Gasteiger partial charge in [-0.05, 0) is 12.3 Å². The quantitative estimate of drug-likeness (QED) is 0.570. The van der Waals surface area contributed by atoms with Crippen molar-refractivity contribution < 1.29 is 9.68 Å². The second-order valence-electron chi connectivity index (χ2n) is 2.86. The Kier molecular flexibility index (Phi) is 8.07. The normalized spacial score (nSPS) is 13.0. The van der Waals surface area contributed by atoms with E-state index in [0.717, 1.165) is 14.1 Å². The van der Waals surface area contributed by atoms with Crippen molar-refractivity contribution in [2.75, 3.05) is 6.61 Å². The van der Waals surface area contributed by atoms with Crippen LogP contribution in [-0.4, -0.2) is 19.3 Å². The van der Waals surface area contributed by atoms with Gasteiger partial charge < -0.3 is 9.68 Å². The van der Waals surface area contributed by atoms with Gasteiger partial charge >= 0.3 is 7.69 Å². The molecule has 1 radical (unpaired) electrons. The van der Waals surface area contributed by atoms with E-state index in [-0.39, 0.29) is 0 Å². The van der Waals surface area contributed by atoms with E-state index in [1.807, 2.05) is 0 Å². The maximum atomic E-state index is 8.29. The van der Waals surface area contributed by atoms with E-state index in [1.165, 1.54) is 19.3 Å². The molecule has 0 spiro atoms. The second-order valence-corrected chi connectivity index (χ2v) is 2.86. The smallest absolute Gasteiger partial charge is 0.429 e. The van der Waals surface area contributed by atoms with Crippen LogP contribution in [-0.2, 0) is 4.65 Å². The molecule has 0 aromatic carbocycles. The molecule has 0 saturated heterocycles. The molecule has 0 aromatic rings. The van der Waals surface area contributed by atoms with Gasteiger partial charge in [0.2, 0.25) is 0 Å². The lowest BCUT2D eigenvalue weighted by Gasteiger charge is -2.12. The highest BCUT2D eigenvalue weighted by atomic mass is 16.5. The molecule has 0 heterocycles. The maximum absolute atomic E-state index is 8.29. The molecule has 1 N–H and O–H groups in total. The molecule has 2 nitrogen and oxygen atoms in total. The minimum atomic E-state index is 0.610. The standard InChI is InChI=1S/C8H18BO2/c1-3-5-6-8(4-2)7-11-9-10/h8,10H,3-7H2,1-2H3. The first-order chi connectivity index (χ1) is 5.35. The average molecular weight is 157 g/mol. The molecule has 0 bridgehead atoms. The van der Waals surface area contributed by atoms with Crippen LogP contribution in [0.1, 0.15) is 39.5 Å². The zero-order valence-electron chi connectivity index (χ0n) is 7.55. The van der Waals surface area contributed by atoms with Crippen LogP contribution in [0.4, 0.5) is 0 Å². The fourth-order valence-corrected chi connectivity index (χ4v) is 1.08. The van der Waals surface area contributed by atoms with Crippen molar-refractivity contribution >= 4 is 7.69 Å². The molecule has 0 saturated carbocycles. The van der Waals surface area contributed by atoms with Crippen LogP contribution >= 0.6 is 0 Å². The lowest BCUT2D eigenvalue weighted by Crippen LogP contribution is -2.10. The Bertz CT molecular complexity index is 70.5. The first-order valence-corrected chi connectivity index (χ1v) is 4.42. The topological polar surface area (TPSA) is 29.5 Å². The monoisotopic (exact) mass is 157 g/mol. The van der Waals surface area contributed by atoms with Crippen LogP contribution in [0, 0.1) is 5.92 Å². The van der Waals surface area contributed by atoms with Gasteiger partial charge in [-0.1, -0.05) is 33.1 Å². The van der Waals surface area contributed by atoms with Crippen molar-refractivity contribution in [3.63, 3.8) is 0 Å². The van der Waals surface area contributed by atoms with Gasteiger partial charge in [0.15, 0.2) is 0 Å². The van der Waals surface area contributed by atoms with Crippen molar-refractivity contribution in [2.24, 2.45) is 5.92 Å². The third-order valence-corrected chi connectivity index (χ3v) is 1.95. The molecule has 0 aliphatic carbocycles. The van der Waals surface area contributed by atoms with Gasteiger partial charge in [0, 0.05) is 6.61 Å². The molecule has 0 fully saturated rings. The van der Waals surface area contributed by atoms with Crippen molar-refractivity contribution in [3.05, 3.63) is 0 Å². The second kappa shape index (κ2) is 8.09. The van der Waals surface area contributed by atoms with Gasteiger partial charge in [0.05, 0.1) is 0 Å². The largest absolute Gasteiger partial charge is 0.485 e. The van der Waals surface area contributed by atoms with Crippen LogP contribution in [0.5, 0.6) is 0 Å². The number of hydrogen-bond donors (Lipinski definition) is 1. The number of hydrogen-bond acceptors (Lipinski definition) is 2. The van der Waals surface area contributed by atoms with Crippen molar-refractivity contribution in [1.82, 2.24) is 0 Å². The van der Waals surface area contributed by atoms with Gasteiger partial charge in [-0.3, -0.25) is 0 Å². The molecular formula is C8H18BO2. The molecular weight excluding hydrogens is 139 g/mol. The first kappa shape index (κ1) is 11.0. The fraction of sp³-hybridized carbons (Fsp3) is 1.00. The predicted molar refractivity (Wildman–Crippen MR) is 47.2 cm³/mol. The van der Waals surface area contributed by atoms with Gasteiger partial charge in [0.1, 0.15) is 0 Å². The van der Waals surface area contributed by atoms with Gasteiger partial charge in [-0.2, -0.15) is 0 Å². The third kappa shape index (κ3) is 6.39. The Morgan fingerprint density at radius 2 is 2.18 bits per heavy atom. The van der Waals surface area contributed by atoms with Crippen LogP contribution in [0.2, 0.25) is 0 Å². The van der Waals surface area contributed by atoms with Crippen LogP contribution in [0.25, 0.3) is 0 Å². The zero-order valence-corrected chi connectivity index (χ0v) is 7.55. The summed E-state index contributed by atoms with van der Waals surface area (Å²) in [7, 11) is 0.786. The summed E-state index contributed by atoms with van der Waals surface area (Å²) < 4.78 is 4.81. The van der Waals surface area contributed by atoms with Gasteiger partial charge in [0.25, 0.3) is 0 Å². The Hall–Kier alpha value is -0.0151. The lowest BCUT2D eigenvalue weighted by molar-refractivity contribution is 0.215. The summed E-state index contributed by atoms with van der Waals surface area (Å²) in [5.74, 6) is 0.610. The molecule has 1 atom stereocenters. The van der Waals surface area contributed by atoms with Crippen LogP contribution < -0.4 is 0 Å². The molecule has 0 aliphatic heterocycles. The van der Waals surface area contributed by atoms with E-state index in [9.17, 15) is 0 Å². The van der Waals surface area contributed by atoms with E-state index in [4.69, 9.17) is 9.68 Å². The van der Waals surface area contributed by atoms with Gasteiger partial charge in [-0.25, -0.2) is 0 Å². The van der Waals surface area contributed by atoms with E-state index >= 15 is 0 Å². The Morgan fingerprint density at radius 1 is 1.45 bits per heavy atom. The average Bonchev–Trinajstić information content (AvgIpc) is 2.05. The molecule has 11 heavy (non-hydrogen) atoms. The Morgan fingerprint density at radius 3 is 2.64 bits per heavy atom. The van der Waals surface area contributed by atoms with Crippen molar-refractivity contribution in [3.8, 4) is 0 Å². The molecule has 1 unspecified atom stereocenters. The van der Waals surface area contributed by atoms with E-state index in [0.29, 0.717) is 12.5 Å². The molecule has 65 valence electrons. The SMILES string of the molecule is CCCCC(CC)CO[B]O. The van der Waals surface area contributed by atoms with Crippen LogP contribution in [0.3, 0.4) is 0 Å². The van der Waals surface area contributed by atoms with Crippen molar-refractivity contribution in [1.29, 1.82) is 0 Å². The first-order valence-electron chi connectivity index (χ1n) is 4.42. The molecule has 0 amide bonds. The molecule has 0 aliphatic rings. The number of unbranched alkanes of at least 4 members (excludes halogenated alkanes) is 1. The van der Waals surface area contributed by atoms with Crippen LogP contribution in [0.15, 0.2) is 0 Å². The maximum Gasteiger partial charge on any atom is 0.485 e. The summed E-state index contributed by atoms with van der Waals surface area (Å²) in [6, 6.07) is 0. The summed E-state index contributed by atoms with van der Waals surface area (Å²) in [4.78, 5) is 0. The third-order valence-electron chi connectivity index (χ3n) is 1.95. The molecule has 3 heteroatoms. The summed E-state index contributed by atoms with van der Waals surface area (Å²) in [5, 5.41) is 8.29. The highest BCUT2D eigenvalue weighted by Gasteiger charge is 2.04. The minimum absolute atomic E-state index is 0.610. The summed E-state index contributed by atoms with van der Waals surface area (Å²) >= 11 is 0. The number of rotatable bonds is 7. The van der Waals surface area contributed by atoms with E-state index < -0.39 is 0 Å². The Labute approximate surface area is 70.3 Å². The van der Waals surface area contributed by atoms with Crippen molar-refractivity contribution in [2.45, 2.75) is 39.5 Å². The highest BCUT2D eigenvalue weighted by Crippen LogP contribution is 2.12. The molecule has 0 aromatic heterocycles. The minimum Gasteiger partial charge on any atom is -0.429 e. The Balaban J connectivity index is 3.25. The fourth-order valence-electron chi connectivity index (χ4n) is 1.08. The predicted octanol–water partition coefficient (Wildman–Crippen LogP) is 1.75. The lowest BCUT2D eigenvalue weighted by atomic mass is 10.0. The zero-order chi connectivity index (χ0) is 8.53. The summed E-state index contributed by atoms with van der Waals surface area (Å²) in [6.07, 6.45) is 4.83. The molecule has 0 rings (SSSR count). The van der Waals surface area contributed by atoms with E-state index in [2.05, 4.69) is 13.8 Å². The highest BCUT2D eigenvalue weighted by molar-refractivity contribution is 6.15. The summed E-state index contributed by atoms with van der Waals surface area (Å²) in [5.41, 5.74) is 0. The van der Waals surface area contributed by atoms with Gasteiger partial charge in [-0.15, -0.1) is 0 Å².